The Morgan fingerprint density at radius 1 is 1.36 bits per heavy atom. The van der Waals surface area contributed by atoms with Gasteiger partial charge in [0.25, 0.3) is 0 Å². The lowest BCUT2D eigenvalue weighted by Gasteiger charge is -2.16. The topological polar surface area (TPSA) is 49.7 Å². The normalized spacial score (nSPS) is 16.3. The lowest BCUT2D eigenvalue weighted by Crippen LogP contribution is -2.14. The lowest BCUT2D eigenvalue weighted by atomic mass is 10.0. The summed E-state index contributed by atoms with van der Waals surface area (Å²) in [6.07, 6.45) is 0.394. The van der Waals surface area contributed by atoms with Crippen molar-refractivity contribution in [1.82, 2.24) is 4.57 Å². The molecule has 1 unspecified atom stereocenters. The smallest absolute Gasteiger partial charge is 0.201 e. The van der Waals surface area contributed by atoms with Crippen molar-refractivity contribution in [3.63, 3.8) is 0 Å². The fraction of sp³-hybridized carbons (Fsp3) is 0.353. The van der Waals surface area contributed by atoms with E-state index < -0.39 is 0 Å². The highest BCUT2D eigenvalue weighted by molar-refractivity contribution is 5.88. The first-order valence-corrected chi connectivity index (χ1v) is 7.07. The SMILES string of the molecule is C=C(C)C1Cc2c(n(C)c3c(OC)cc(OC)cc3c2=O)O1. The van der Waals surface area contributed by atoms with E-state index in [1.165, 1.54) is 0 Å². The van der Waals surface area contributed by atoms with Crippen LogP contribution in [0.5, 0.6) is 17.4 Å². The Kier molecular flexibility index (Phi) is 3.35. The van der Waals surface area contributed by atoms with Gasteiger partial charge >= 0.3 is 0 Å². The molecule has 1 aromatic heterocycles. The summed E-state index contributed by atoms with van der Waals surface area (Å²) in [4.78, 5) is 12.8. The highest BCUT2D eigenvalue weighted by atomic mass is 16.5. The first-order valence-electron chi connectivity index (χ1n) is 7.07. The van der Waals surface area contributed by atoms with Crippen molar-refractivity contribution in [2.75, 3.05) is 14.2 Å². The van der Waals surface area contributed by atoms with Crippen LogP contribution in [0, 0.1) is 0 Å². The van der Waals surface area contributed by atoms with E-state index in [0.29, 0.717) is 40.3 Å². The molecule has 0 saturated carbocycles. The summed E-state index contributed by atoms with van der Waals surface area (Å²) in [5, 5.41) is 0.573. The van der Waals surface area contributed by atoms with Crippen molar-refractivity contribution in [3.05, 3.63) is 40.1 Å². The van der Waals surface area contributed by atoms with Gasteiger partial charge in [-0.15, -0.1) is 0 Å². The van der Waals surface area contributed by atoms with E-state index in [1.807, 2.05) is 18.5 Å². The molecule has 0 fully saturated rings. The minimum atomic E-state index is -0.154. The summed E-state index contributed by atoms with van der Waals surface area (Å²) < 4.78 is 18.5. The standard InChI is InChI=1S/C17H19NO4/c1-9(2)13-8-12-16(19)11-6-10(20-4)7-14(21-5)15(11)18(3)17(12)22-13/h6-7,13H,1,8H2,2-5H3. The number of rotatable bonds is 3. The van der Waals surface area contributed by atoms with Crippen molar-refractivity contribution in [2.45, 2.75) is 19.4 Å². The molecular weight excluding hydrogens is 282 g/mol. The van der Waals surface area contributed by atoms with Gasteiger partial charge in [-0.3, -0.25) is 4.79 Å². The number of fused-ring (bicyclic) bond motifs is 2. The quantitative estimate of drug-likeness (QED) is 0.817. The number of aromatic nitrogens is 1. The number of pyridine rings is 1. The zero-order valence-electron chi connectivity index (χ0n) is 13.2. The van der Waals surface area contributed by atoms with Crippen LogP contribution in [0.1, 0.15) is 12.5 Å². The molecule has 0 radical (unpaired) electrons. The van der Waals surface area contributed by atoms with E-state index in [1.54, 1.807) is 26.4 Å². The second-order valence-electron chi connectivity index (χ2n) is 5.55. The van der Waals surface area contributed by atoms with Gasteiger partial charge in [0.05, 0.1) is 30.7 Å². The second-order valence-corrected chi connectivity index (χ2v) is 5.55. The summed E-state index contributed by atoms with van der Waals surface area (Å²) in [6, 6.07) is 3.51. The summed E-state index contributed by atoms with van der Waals surface area (Å²) in [6.45, 7) is 5.84. The number of nitrogens with zero attached hydrogens (tertiary/aromatic N) is 1. The summed E-state index contributed by atoms with van der Waals surface area (Å²) in [5.74, 6) is 1.77. The molecule has 0 spiro atoms. The van der Waals surface area contributed by atoms with E-state index in [9.17, 15) is 4.79 Å². The number of hydrogen-bond donors (Lipinski definition) is 0. The fourth-order valence-electron chi connectivity index (χ4n) is 2.91. The van der Waals surface area contributed by atoms with Crippen LogP contribution in [0.2, 0.25) is 0 Å². The largest absolute Gasteiger partial charge is 0.497 e. The second kappa shape index (κ2) is 5.09. The molecule has 5 nitrogen and oxygen atoms in total. The van der Waals surface area contributed by atoms with Crippen molar-refractivity contribution in [1.29, 1.82) is 0 Å². The van der Waals surface area contributed by atoms with Gasteiger partial charge in [0.2, 0.25) is 5.88 Å². The van der Waals surface area contributed by atoms with Crippen molar-refractivity contribution < 1.29 is 14.2 Å². The fourth-order valence-corrected chi connectivity index (χ4v) is 2.91. The van der Waals surface area contributed by atoms with Gasteiger partial charge < -0.3 is 18.8 Å². The van der Waals surface area contributed by atoms with E-state index in [0.717, 1.165) is 5.57 Å². The van der Waals surface area contributed by atoms with Gasteiger partial charge in [0.15, 0.2) is 5.43 Å². The van der Waals surface area contributed by atoms with Gasteiger partial charge in [-0.2, -0.15) is 0 Å². The maximum Gasteiger partial charge on any atom is 0.201 e. The van der Waals surface area contributed by atoms with Crippen LogP contribution in [0.25, 0.3) is 10.9 Å². The molecule has 3 rings (SSSR count). The summed E-state index contributed by atoms with van der Waals surface area (Å²) in [7, 11) is 5.01. The van der Waals surface area contributed by atoms with Crippen LogP contribution in [0.4, 0.5) is 0 Å². The molecule has 1 atom stereocenters. The van der Waals surface area contributed by atoms with E-state index >= 15 is 0 Å². The zero-order valence-corrected chi connectivity index (χ0v) is 13.2. The maximum atomic E-state index is 12.8. The van der Waals surface area contributed by atoms with Crippen LogP contribution in [0.3, 0.4) is 0 Å². The Hall–Kier alpha value is -2.43. The molecule has 1 aromatic carbocycles. The van der Waals surface area contributed by atoms with Gasteiger partial charge in [0.1, 0.15) is 17.6 Å². The molecule has 0 aliphatic carbocycles. The van der Waals surface area contributed by atoms with Crippen LogP contribution >= 0.6 is 0 Å². The molecule has 0 N–H and O–H groups in total. The van der Waals surface area contributed by atoms with E-state index in [4.69, 9.17) is 14.2 Å². The Morgan fingerprint density at radius 3 is 2.68 bits per heavy atom. The Morgan fingerprint density at radius 2 is 2.09 bits per heavy atom. The lowest BCUT2D eigenvalue weighted by molar-refractivity contribution is 0.254. The first-order chi connectivity index (χ1) is 10.5. The van der Waals surface area contributed by atoms with E-state index in [-0.39, 0.29) is 11.5 Å². The van der Waals surface area contributed by atoms with Crippen molar-refractivity contribution in [2.24, 2.45) is 7.05 Å². The Labute approximate surface area is 128 Å². The summed E-state index contributed by atoms with van der Waals surface area (Å²) >= 11 is 0. The van der Waals surface area contributed by atoms with Crippen LogP contribution in [0.15, 0.2) is 29.1 Å². The highest BCUT2D eigenvalue weighted by Gasteiger charge is 2.30. The predicted octanol–water partition coefficient (Wildman–Crippen LogP) is 2.44. The number of hydrogen-bond acceptors (Lipinski definition) is 4. The molecule has 0 amide bonds. The Balaban J connectivity index is 2.36. The highest BCUT2D eigenvalue weighted by Crippen LogP contribution is 2.36. The molecule has 2 heterocycles. The average molecular weight is 301 g/mol. The first kappa shape index (κ1) is 14.5. The van der Waals surface area contributed by atoms with E-state index in [2.05, 4.69) is 6.58 Å². The van der Waals surface area contributed by atoms with Gasteiger partial charge in [-0.1, -0.05) is 6.58 Å². The molecule has 2 aromatic rings. The molecule has 116 valence electrons. The minimum Gasteiger partial charge on any atom is -0.497 e. The average Bonchev–Trinajstić information content (AvgIpc) is 2.97. The van der Waals surface area contributed by atoms with Gasteiger partial charge in [-0.05, 0) is 18.6 Å². The predicted molar refractivity (Wildman–Crippen MR) is 85.2 cm³/mol. The molecule has 1 aliphatic rings. The molecule has 1 aliphatic heterocycles. The minimum absolute atomic E-state index is 0.0379. The molecular formula is C17H19NO4. The molecule has 0 saturated heterocycles. The summed E-state index contributed by atoms with van der Waals surface area (Å²) in [5.41, 5.74) is 2.25. The van der Waals surface area contributed by atoms with Crippen LogP contribution < -0.4 is 19.6 Å². The third-order valence-electron chi connectivity index (χ3n) is 4.11. The maximum absolute atomic E-state index is 12.8. The third-order valence-corrected chi connectivity index (χ3v) is 4.11. The van der Waals surface area contributed by atoms with Gasteiger partial charge in [-0.25, -0.2) is 0 Å². The molecule has 22 heavy (non-hydrogen) atoms. The van der Waals surface area contributed by atoms with Crippen molar-refractivity contribution >= 4 is 10.9 Å². The number of ether oxygens (including phenoxy) is 3. The van der Waals surface area contributed by atoms with Crippen LogP contribution in [-0.2, 0) is 13.5 Å². The monoisotopic (exact) mass is 301 g/mol. The molecule has 0 bridgehead atoms. The molecule has 5 heteroatoms. The number of aryl methyl sites for hydroxylation is 1. The number of benzene rings is 1. The van der Waals surface area contributed by atoms with Gasteiger partial charge in [0, 0.05) is 19.5 Å². The number of methoxy groups -OCH3 is 2. The third kappa shape index (κ3) is 1.96. The Bertz CT molecular complexity index is 835. The zero-order chi connectivity index (χ0) is 16.0. The van der Waals surface area contributed by atoms with Crippen LogP contribution in [-0.4, -0.2) is 24.9 Å². The van der Waals surface area contributed by atoms with Crippen molar-refractivity contribution in [3.8, 4) is 17.4 Å².